The smallest absolute Gasteiger partial charge is 0.319 e. The molecule has 0 spiro atoms. The van der Waals surface area contributed by atoms with Gasteiger partial charge >= 0.3 is 5.97 Å². The van der Waals surface area contributed by atoms with Crippen molar-refractivity contribution in [1.29, 1.82) is 0 Å². The van der Waals surface area contributed by atoms with Crippen LogP contribution in [-0.4, -0.2) is 35.3 Å². The van der Waals surface area contributed by atoms with Crippen molar-refractivity contribution >= 4 is 35.1 Å². The molecule has 0 aliphatic heterocycles. The van der Waals surface area contributed by atoms with Gasteiger partial charge in [0.2, 0.25) is 5.91 Å². The van der Waals surface area contributed by atoms with Crippen LogP contribution in [0.3, 0.4) is 0 Å². The van der Waals surface area contributed by atoms with Crippen molar-refractivity contribution in [2.45, 2.75) is 25.5 Å². The van der Waals surface area contributed by atoms with Crippen LogP contribution < -0.4 is 5.32 Å². The van der Waals surface area contributed by atoms with Crippen molar-refractivity contribution in [3.63, 3.8) is 0 Å². The van der Waals surface area contributed by atoms with E-state index in [9.17, 15) is 18.8 Å². The van der Waals surface area contributed by atoms with Gasteiger partial charge in [0.25, 0.3) is 0 Å². The van der Waals surface area contributed by atoms with Crippen LogP contribution in [0.25, 0.3) is 0 Å². The Balaban J connectivity index is 1.73. The highest BCUT2D eigenvalue weighted by Crippen LogP contribution is 2.14. The van der Waals surface area contributed by atoms with Gasteiger partial charge in [0, 0.05) is 11.3 Å². The van der Waals surface area contributed by atoms with E-state index in [1.807, 2.05) is 19.1 Å². The van der Waals surface area contributed by atoms with E-state index in [1.54, 1.807) is 19.1 Å². The summed E-state index contributed by atoms with van der Waals surface area (Å²) in [5.74, 6) is -1.51. The number of hydrogen-bond donors (Lipinski definition) is 1. The zero-order valence-corrected chi connectivity index (χ0v) is 16.6. The van der Waals surface area contributed by atoms with Crippen LogP contribution in [-0.2, 0) is 20.7 Å². The Morgan fingerprint density at radius 2 is 1.71 bits per heavy atom. The molecule has 0 fully saturated rings. The fourth-order valence-electron chi connectivity index (χ4n) is 2.26. The summed E-state index contributed by atoms with van der Waals surface area (Å²) < 4.78 is 17.9. The predicted octanol–water partition coefficient (Wildman–Crippen LogP) is 3.87. The van der Waals surface area contributed by atoms with Gasteiger partial charge in [0.1, 0.15) is 11.1 Å². The van der Waals surface area contributed by atoms with Gasteiger partial charge in [-0.05, 0) is 43.2 Å². The van der Waals surface area contributed by atoms with Gasteiger partial charge in [-0.3, -0.25) is 14.4 Å². The number of Topliss-reactive ketones (excluding diaryl/α,β-unsaturated/α-hetero) is 1. The Morgan fingerprint density at radius 3 is 2.32 bits per heavy atom. The second-order valence-electron chi connectivity index (χ2n) is 6.09. The lowest BCUT2D eigenvalue weighted by molar-refractivity contribution is -0.141. The summed E-state index contributed by atoms with van der Waals surface area (Å²) in [5, 5.41) is 2.01. The number of ketones is 1. The highest BCUT2D eigenvalue weighted by atomic mass is 32.2. The van der Waals surface area contributed by atoms with Crippen LogP contribution in [0.4, 0.5) is 10.1 Å². The highest BCUT2D eigenvalue weighted by Gasteiger charge is 2.18. The minimum Gasteiger partial charge on any atom is -0.456 e. The lowest BCUT2D eigenvalue weighted by Gasteiger charge is -2.11. The van der Waals surface area contributed by atoms with Crippen molar-refractivity contribution in [1.82, 2.24) is 0 Å². The summed E-state index contributed by atoms with van der Waals surface area (Å²) in [7, 11) is 0. The molecule has 2 aromatic carbocycles. The minimum atomic E-state index is -0.603. The largest absolute Gasteiger partial charge is 0.456 e. The van der Waals surface area contributed by atoms with Crippen LogP contribution in [0.15, 0.2) is 48.5 Å². The number of hydrogen-bond acceptors (Lipinski definition) is 5. The quantitative estimate of drug-likeness (QED) is 0.508. The summed E-state index contributed by atoms with van der Waals surface area (Å²) in [4.78, 5) is 36.0. The van der Waals surface area contributed by atoms with Crippen LogP contribution in [0.2, 0.25) is 0 Å². The summed E-state index contributed by atoms with van der Waals surface area (Å²) in [6, 6.07) is 12.6. The molecule has 0 aromatic heterocycles. The van der Waals surface area contributed by atoms with E-state index in [0.717, 1.165) is 23.7 Å². The molecule has 2 aromatic rings. The van der Waals surface area contributed by atoms with Crippen molar-refractivity contribution in [2.24, 2.45) is 0 Å². The van der Waals surface area contributed by atoms with E-state index in [1.165, 1.54) is 24.3 Å². The molecule has 7 heteroatoms. The van der Waals surface area contributed by atoms with Gasteiger partial charge in [-0.25, -0.2) is 4.39 Å². The standard InChI is InChI=1S/C21H22FNO4S/c1-3-15-4-6-16(7-5-15)19(24)12-27-21(26)14(2)28-13-20(25)23-18-10-8-17(22)9-11-18/h4-11,14H,3,12-13H2,1-2H3,(H,23,25)/t14-/m1/s1. The highest BCUT2D eigenvalue weighted by molar-refractivity contribution is 8.01. The van der Waals surface area contributed by atoms with E-state index in [0.29, 0.717) is 11.3 Å². The van der Waals surface area contributed by atoms with Crippen LogP contribution in [0.5, 0.6) is 0 Å². The molecule has 0 saturated carbocycles. The molecule has 0 aliphatic carbocycles. The summed E-state index contributed by atoms with van der Waals surface area (Å²) in [6.07, 6.45) is 0.882. The molecule has 2 rings (SSSR count). The van der Waals surface area contributed by atoms with Crippen molar-refractivity contribution in [3.05, 3.63) is 65.5 Å². The third kappa shape index (κ3) is 6.81. The van der Waals surface area contributed by atoms with Gasteiger partial charge in [-0.1, -0.05) is 31.2 Å². The average molecular weight is 403 g/mol. The number of nitrogens with one attached hydrogen (secondary N) is 1. The van der Waals surface area contributed by atoms with Crippen LogP contribution in [0, 0.1) is 5.82 Å². The zero-order valence-electron chi connectivity index (χ0n) is 15.7. The van der Waals surface area contributed by atoms with Crippen molar-refractivity contribution in [2.75, 3.05) is 17.7 Å². The maximum absolute atomic E-state index is 12.8. The second-order valence-corrected chi connectivity index (χ2v) is 7.42. The third-order valence-electron chi connectivity index (χ3n) is 3.95. The fourth-order valence-corrected chi connectivity index (χ4v) is 2.94. The molecular weight excluding hydrogens is 381 g/mol. The van der Waals surface area contributed by atoms with Crippen molar-refractivity contribution < 1.29 is 23.5 Å². The number of carbonyl (C=O) groups excluding carboxylic acids is 3. The SMILES string of the molecule is CCc1ccc(C(=O)COC(=O)[C@@H](C)SCC(=O)Nc2ccc(F)cc2)cc1. The molecule has 0 unspecified atom stereocenters. The van der Waals surface area contributed by atoms with Crippen LogP contribution >= 0.6 is 11.8 Å². The van der Waals surface area contributed by atoms with Crippen molar-refractivity contribution in [3.8, 4) is 0 Å². The Morgan fingerprint density at radius 1 is 1.07 bits per heavy atom. The van der Waals surface area contributed by atoms with Gasteiger partial charge in [-0.15, -0.1) is 11.8 Å². The third-order valence-corrected chi connectivity index (χ3v) is 5.08. The number of ether oxygens (including phenoxy) is 1. The molecule has 0 aliphatic rings. The fraction of sp³-hybridized carbons (Fsp3) is 0.286. The summed E-state index contributed by atoms with van der Waals surface area (Å²) >= 11 is 1.10. The number of carbonyl (C=O) groups is 3. The monoisotopic (exact) mass is 403 g/mol. The predicted molar refractivity (Wildman–Crippen MR) is 108 cm³/mol. The maximum atomic E-state index is 12.8. The first-order chi connectivity index (χ1) is 13.4. The topological polar surface area (TPSA) is 72.5 Å². The Kier molecular flexibility index (Phi) is 8.19. The first kappa shape index (κ1) is 21.6. The number of anilines is 1. The van der Waals surface area contributed by atoms with Crippen LogP contribution in [0.1, 0.15) is 29.8 Å². The van der Waals surface area contributed by atoms with Gasteiger partial charge in [-0.2, -0.15) is 0 Å². The number of rotatable bonds is 9. The lowest BCUT2D eigenvalue weighted by atomic mass is 10.1. The first-order valence-electron chi connectivity index (χ1n) is 8.85. The van der Waals surface area contributed by atoms with E-state index in [-0.39, 0.29) is 29.9 Å². The zero-order chi connectivity index (χ0) is 20.5. The van der Waals surface area contributed by atoms with E-state index < -0.39 is 11.2 Å². The number of thioether (sulfide) groups is 1. The summed E-state index contributed by atoms with van der Waals surface area (Å²) in [5.41, 5.74) is 2.09. The summed E-state index contributed by atoms with van der Waals surface area (Å²) in [6.45, 7) is 3.30. The van der Waals surface area contributed by atoms with Gasteiger partial charge < -0.3 is 10.1 Å². The number of benzene rings is 2. The molecule has 0 saturated heterocycles. The Labute approximate surface area is 167 Å². The molecule has 1 amide bonds. The maximum Gasteiger partial charge on any atom is 0.319 e. The van der Waals surface area contributed by atoms with Gasteiger partial charge in [0.15, 0.2) is 12.4 Å². The molecule has 1 atom stereocenters. The molecule has 0 heterocycles. The number of esters is 1. The molecule has 0 radical (unpaired) electrons. The van der Waals surface area contributed by atoms with E-state index in [4.69, 9.17) is 4.74 Å². The molecule has 0 bridgehead atoms. The van der Waals surface area contributed by atoms with E-state index in [2.05, 4.69) is 5.32 Å². The lowest BCUT2D eigenvalue weighted by Crippen LogP contribution is -2.23. The normalized spacial score (nSPS) is 11.5. The average Bonchev–Trinajstić information content (AvgIpc) is 2.71. The van der Waals surface area contributed by atoms with Gasteiger partial charge in [0.05, 0.1) is 5.75 Å². The number of aryl methyl sites for hydroxylation is 1. The molecule has 5 nitrogen and oxygen atoms in total. The molecular formula is C21H22FNO4S. The second kappa shape index (κ2) is 10.6. The number of halogens is 1. The molecule has 28 heavy (non-hydrogen) atoms. The molecule has 148 valence electrons. The molecule has 1 N–H and O–H groups in total. The van der Waals surface area contributed by atoms with E-state index >= 15 is 0 Å². The Hall–Kier alpha value is -2.67. The minimum absolute atomic E-state index is 0.0278. The number of amides is 1. The first-order valence-corrected chi connectivity index (χ1v) is 9.89. The Bertz CT molecular complexity index is 821.